The summed E-state index contributed by atoms with van der Waals surface area (Å²) in [5.74, 6) is 1.07. The van der Waals surface area contributed by atoms with Crippen LogP contribution in [0.3, 0.4) is 0 Å². The minimum Gasteiger partial charge on any atom is -0.380 e. The Bertz CT molecular complexity index is 296. The number of methoxy groups -OCH3 is 1. The third kappa shape index (κ3) is 3.92. The second kappa shape index (κ2) is 6.62. The van der Waals surface area contributed by atoms with Gasteiger partial charge in [-0.1, -0.05) is 0 Å². The number of nitrogens with two attached hydrogens (primary N) is 1. The van der Waals surface area contributed by atoms with Crippen molar-refractivity contribution < 1.29 is 4.74 Å². The fourth-order valence-corrected chi connectivity index (χ4v) is 1.57. The molecule has 0 bridgehead atoms. The number of nitrogens with zero attached hydrogens (tertiary/aromatic N) is 3. The second-order valence-electron chi connectivity index (χ2n) is 4.07. The highest BCUT2D eigenvalue weighted by Gasteiger charge is 2.08. The van der Waals surface area contributed by atoms with E-state index in [9.17, 15) is 0 Å². The molecule has 92 valence electrons. The van der Waals surface area contributed by atoms with Crippen LogP contribution in [0, 0.1) is 0 Å². The molecule has 0 saturated heterocycles. The van der Waals surface area contributed by atoms with Gasteiger partial charge in [0, 0.05) is 39.6 Å². The molecule has 0 aliphatic rings. The van der Waals surface area contributed by atoms with Gasteiger partial charge in [-0.3, -0.25) is 4.90 Å². The standard InChI is InChI=1S/C11H22N4O/c1-14(6-4-10(8-12)16-3)9-11-13-5-7-15(11)2/h5,7,10H,4,6,8-9,12H2,1-3H3. The van der Waals surface area contributed by atoms with Gasteiger partial charge in [0.15, 0.2) is 0 Å². The molecule has 1 rings (SSSR count). The Morgan fingerprint density at radius 2 is 2.38 bits per heavy atom. The first-order valence-corrected chi connectivity index (χ1v) is 5.55. The molecule has 1 atom stereocenters. The zero-order chi connectivity index (χ0) is 12.0. The quantitative estimate of drug-likeness (QED) is 0.722. The SMILES string of the molecule is COC(CN)CCN(C)Cc1nccn1C. The van der Waals surface area contributed by atoms with Crippen LogP contribution in [-0.4, -0.2) is 47.8 Å². The van der Waals surface area contributed by atoms with E-state index in [1.54, 1.807) is 7.11 Å². The number of hydrogen-bond donors (Lipinski definition) is 1. The minimum atomic E-state index is 0.156. The van der Waals surface area contributed by atoms with E-state index in [1.165, 1.54) is 0 Å². The molecule has 1 unspecified atom stereocenters. The normalized spacial score (nSPS) is 13.3. The Kier molecular flexibility index (Phi) is 5.45. The smallest absolute Gasteiger partial charge is 0.122 e. The number of ether oxygens (including phenoxy) is 1. The van der Waals surface area contributed by atoms with Gasteiger partial charge < -0.3 is 15.0 Å². The fraction of sp³-hybridized carbons (Fsp3) is 0.727. The van der Waals surface area contributed by atoms with E-state index < -0.39 is 0 Å². The molecule has 0 aliphatic carbocycles. The van der Waals surface area contributed by atoms with Gasteiger partial charge in [0.25, 0.3) is 0 Å². The van der Waals surface area contributed by atoms with E-state index >= 15 is 0 Å². The first-order valence-electron chi connectivity index (χ1n) is 5.55. The summed E-state index contributed by atoms with van der Waals surface area (Å²) in [4.78, 5) is 6.51. The molecular formula is C11H22N4O. The summed E-state index contributed by atoms with van der Waals surface area (Å²) < 4.78 is 7.27. The summed E-state index contributed by atoms with van der Waals surface area (Å²) in [5.41, 5.74) is 5.57. The van der Waals surface area contributed by atoms with E-state index in [4.69, 9.17) is 10.5 Å². The van der Waals surface area contributed by atoms with Gasteiger partial charge in [0.1, 0.15) is 5.82 Å². The first kappa shape index (κ1) is 13.2. The van der Waals surface area contributed by atoms with Crippen LogP contribution < -0.4 is 5.73 Å². The van der Waals surface area contributed by atoms with Crippen molar-refractivity contribution in [3.63, 3.8) is 0 Å². The van der Waals surface area contributed by atoms with Gasteiger partial charge in [0.05, 0.1) is 12.6 Å². The van der Waals surface area contributed by atoms with Crippen molar-refractivity contribution in [1.82, 2.24) is 14.5 Å². The number of rotatable bonds is 7. The number of hydrogen-bond acceptors (Lipinski definition) is 4. The molecule has 1 aromatic rings. The van der Waals surface area contributed by atoms with Crippen molar-refractivity contribution in [3.8, 4) is 0 Å². The highest BCUT2D eigenvalue weighted by atomic mass is 16.5. The summed E-state index contributed by atoms with van der Waals surface area (Å²) in [6.07, 6.45) is 4.89. The van der Waals surface area contributed by atoms with E-state index in [1.807, 2.05) is 24.0 Å². The molecule has 5 heteroatoms. The van der Waals surface area contributed by atoms with Crippen LogP contribution in [0.2, 0.25) is 0 Å². The summed E-state index contributed by atoms with van der Waals surface area (Å²) in [5, 5.41) is 0. The highest BCUT2D eigenvalue weighted by Crippen LogP contribution is 2.02. The van der Waals surface area contributed by atoms with E-state index in [-0.39, 0.29) is 6.10 Å². The van der Waals surface area contributed by atoms with Crippen LogP contribution in [0.25, 0.3) is 0 Å². The Morgan fingerprint density at radius 1 is 1.62 bits per heavy atom. The van der Waals surface area contributed by atoms with Crippen LogP contribution in [-0.2, 0) is 18.3 Å². The molecule has 0 saturated carbocycles. The Hall–Kier alpha value is -0.910. The lowest BCUT2D eigenvalue weighted by atomic mass is 10.2. The number of aryl methyl sites for hydroxylation is 1. The van der Waals surface area contributed by atoms with Crippen LogP contribution in [0.4, 0.5) is 0 Å². The van der Waals surface area contributed by atoms with Crippen molar-refractivity contribution in [2.75, 3.05) is 27.2 Å². The summed E-state index contributed by atoms with van der Waals surface area (Å²) in [6.45, 7) is 2.39. The molecule has 1 aromatic heterocycles. The molecule has 0 aliphatic heterocycles. The molecule has 0 spiro atoms. The van der Waals surface area contributed by atoms with Gasteiger partial charge in [-0.2, -0.15) is 0 Å². The topological polar surface area (TPSA) is 56.3 Å². The molecule has 0 amide bonds. The zero-order valence-corrected chi connectivity index (χ0v) is 10.4. The fourth-order valence-electron chi connectivity index (χ4n) is 1.57. The van der Waals surface area contributed by atoms with Gasteiger partial charge >= 0.3 is 0 Å². The average Bonchev–Trinajstić information content (AvgIpc) is 2.66. The lowest BCUT2D eigenvalue weighted by Gasteiger charge is -2.19. The third-order valence-electron chi connectivity index (χ3n) is 2.76. The van der Waals surface area contributed by atoms with Crippen molar-refractivity contribution in [3.05, 3.63) is 18.2 Å². The summed E-state index contributed by atoms with van der Waals surface area (Å²) in [6, 6.07) is 0. The lowest BCUT2D eigenvalue weighted by molar-refractivity contribution is 0.0915. The van der Waals surface area contributed by atoms with Crippen molar-refractivity contribution in [2.24, 2.45) is 12.8 Å². The van der Waals surface area contributed by atoms with Crippen molar-refractivity contribution in [2.45, 2.75) is 19.1 Å². The monoisotopic (exact) mass is 226 g/mol. The summed E-state index contributed by atoms with van der Waals surface area (Å²) in [7, 11) is 5.79. The first-order chi connectivity index (χ1) is 7.67. The van der Waals surface area contributed by atoms with Crippen LogP contribution in [0.1, 0.15) is 12.2 Å². The third-order valence-corrected chi connectivity index (χ3v) is 2.76. The lowest BCUT2D eigenvalue weighted by Crippen LogP contribution is -2.29. The Labute approximate surface area is 97.2 Å². The molecule has 16 heavy (non-hydrogen) atoms. The predicted molar refractivity (Wildman–Crippen MR) is 64.0 cm³/mol. The molecule has 0 aromatic carbocycles. The van der Waals surface area contributed by atoms with Gasteiger partial charge in [-0.05, 0) is 13.5 Å². The highest BCUT2D eigenvalue weighted by molar-refractivity contribution is 4.90. The van der Waals surface area contributed by atoms with Gasteiger partial charge in [0.2, 0.25) is 0 Å². The van der Waals surface area contributed by atoms with E-state index in [0.717, 1.165) is 25.3 Å². The molecule has 1 heterocycles. The second-order valence-corrected chi connectivity index (χ2v) is 4.07. The van der Waals surface area contributed by atoms with Crippen molar-refractivity contribution in [1.29, 1.82) is 0 Å². The van der Waals surface area contributed by atoms with Gasteiger partial charge in [-0.15, -0.1) is 0 Å². The molecule has 0 radical (unpaired) electrons. The van der Waals surface area contributed by atoms with Crippen molar-refractivity contribution >= 4 is 0 Å². The van der Waals surface area contributed by atoms with Gasteiger partial charge in [-0.25, -0.2) is 4.98 Å². The molecule has 2 N–H and O–H groups in total. The van der Waals surface area contributed by atoms with E-state index in [0.29, 0.717) is 6.54 Å². The average molecular weight is 226 g/mol. The molecule has 5 nitrogen and oxygen atoms in total. The maximum absolute atomic E-state index is 5.57. The predicted octanol–water partition coefficient (Wildman–Crippen LogP) is 0.216. The Balaban J connectivity index is 2.31. The maximum atomic E-state index is 5.57. The van der Waals surface area contributed by atoms with Crippen LogP contribution >= 0.6 is 0 Å². The van der Waals surface area contributed by atoms with Crippen LogP contribution in [0.5, 0.6) is 0 Å². The number of imidazole rings is 1. The number of aromatic nitrogens is 2. The Morgan fingerprint density at radius 3 is 2.88 bits per heavy atom. The minimum absolute atomic E-state index is 0.156. The summed E-state index contributed by atoms with van der Waals surface area (Å²) >= 11 is 0. The molecule has 0 fully saturated rings. The van der Waals surface area contributed by atoms with Crippen LogP contribution in [0.15, 0.2) is 12.4 Å². The maximum Gasteiger partial charge on any atom is 0.122 e. The molecular weight excluding hydrogens is 204 g/mol. The van der Waals surface area contributed by atoms with E-state index in [2.05, 4.69) is 16.9 Å². The largest absolute Gasteiger partial charge is 0.380 e. The zero-order valence-electron chi connectivity index (χ0n) is 10.4.